The molecule has 0 fully saturated rings. The average Bonchev–Trinajstić information content (AvgIpc) is 2.57. The van der Waals surface area contributed by atoms with Gasteiger partial charge in [0.05, 0.1) is 25.2 Å². The predicted octanol–water partition coefficient (Wildman–Crippen LogP) is 3.79. The van der Waals surface area contributed by atoms with Crippen molar-refractivity contribution in [3.8, 4) is 17.6 Å². The summed E-state index contributed by atoms with van der Waals surface area (Å²) in [7, 11) is 1.43. The fourth-order valence-corrected chi connectivity index (χ4v) is 2.67. The van der Waals surface area contributed by atoms with Gasteiger partial charge in [-0.15, -0.1) is 11.8 Å². The Hall–Kier alpha value is -2.52. The molecular formula is C17H14FNO3S. The minimum Gasteiger partial charge on any atom is -0.493 e. The Morgan fingerprint density at radius 2 is 2.04 bits per heavy atom. The zero-order valence-electron chi connectivity index (χ0n) is 12.4. The summed E-state index contributed by atoms with van der Waals surface area (Å²) < 4.78 is 23.8. The van der Waals surface area contributed by atoms with Gasteiger partial charge in [-0.2, -0.15) is 5.26 Å². The predicted molar refractivity (Wildman–Crippen MR) is 85.1 cm³/mol. The van der Waals surface area contributed by atoms with Crippen LogP contribution in [0.2, 0.25) is 0 Å². The van der Waals surface area contributed by atoms with E-state index < -0.39 is 5.97 Å². The molecular weight excluding hydrogens is 317 g/mol. The first kappa shape index (κ1) is 16.8. The fraction of sp³-hybridized carbons (Fsp3) is 0.176. The highest BCUT2D eigenvalue weighted by Gasteiger charge is 2.11. The summed E-state index contributed by atoms with van der Waals surface area (Å²) in [6.07, 6.45) is 0.127. The molecule has 0 amide bonds. The Kier molecular flexibility index (Phi) is 6.01. The molecule has 0 bridgehead atoms. The van der Waals surface area contributed by atoms with Crippen LogP contribution < -0.4 is 9.47 Å². The Balaban J connectivity index is 1.90. The van der Waals surface area contributed by atoms with Gasteiger partial charge in [0.25, 0.3) is 0 Å². The van der Waals surface area contributed by atoms with Crippen LogP contribution in [0.15, 0.2) is 47.4 Å². The number of nitrogens with zero attached hydrogens (tertiary/aromatic N) is 1. The smallest absolute Gasteiger partial charge is 0.312 e. The maximum Gasteiger partial charge on any atom is 0.312 e. The van der Waals surface area contributed by atoms with Gasteiger partial charge in [-0.05, 0) is 24.3 Å². The summed E-state index contributed by atoms with van der Waals surface area (Å²) in [5, 5.41) is 8.83. The molecule has 0 saturated heterocycles. The monoisotopic (exact) mass is 331 g/mol. The van der Waals surface area contributed by atoms with Crippen LogP contribution in [-0.2, 0) is 4.79 Å². The van der Waals surface area contributed by atoms with Crippen LogP contribution in [0.5, 0.6) is 11.5 Å². The van der Waals surface area contributed by atoms with E-state index in [2.05, 4.69) is 0 Å². The number of thioether (sulfide) groups is 1. The quantitative estimate of drug-likeness (QED) is 0.458. The second kappa shape index (κ2) is 8.20. The molecule has 6 heteroatoms. The molecule has 0 aromatic heterocycles. The molecule has 0 N–H and O–H groups in total. The third kappa shape index (κ3) is 4.73. The second-order valence-corrected chi connectivity index (χ2v) is 5.62. The van der Waals surface area contributed by atoms with Gasteiger partial charge in [-0.3, -0.25) is 4.79 Å². The molecule has 2 aromatic carbocycles. The first-order valence-electron chi connectivity index (χ1n) is 6.80. The summed E-state index contributed by atoms with van der Waals surface area (Å²) in [6, 6.07) is 12.9. The van der Waals surface area contributed by atoms with Crippen molar-refractivity contribution in [2.24, 2.45) is 0 Å². The van der Waals surface area contributed by atoms with Crippen molar-refractivity contribution in [1.82, 2.24) is 0 Å². The standard InChI is InChI=1S/C17H14FNO3S/c1-21-15-10-12(11-19)6-7-14(15)22-17(20)8-9-23-16-5-3-2-4-13(16)18/h2-7,10H,8-9H2,1H3. The first-order chi connectivity index (χ1) is 11.1. The number of ether oxygens (including phenoxy) is 2. The number of rotatable bonds is 6. The Labute approximate surface area is 137 Å². The maximum atomic E-state index is 13.5. The lowest BCUT2D eigenvalue weighted by atomic mass is 10.2. The van der Waals surface area contributed by atoms with Gasteiger partial charge < -0.3 is 9.47 Å². The zero-order chi connectivity index (χ0) is 16.7. The fourth-order valence-electron chi connectivity index (χ4n) is 1.80. The number of carbonyl (C=O) groups is 1. The molecule has 118 valence electrons. The lowest BCUT2D eigenvalue weighted by Crippen LogP contribution is -2.09. The molecule has 23 heavy (non-hydrogen) atoms. The molecule has 2 rings (SSSR count). The normalized spacial score (nSPS) is 9.96. The largest absolute Gasteiger partial charge is 0.493 e. The van der Waals surface area contributed by atoms with Gasteiger partial charge in [0.2, 0.25) is 0 Å². The number of benzene rings is 2. The summed E-state index contributed by atoms with van der Waals surface area (Å²) in [5.41, 5.74) is 0.414. The Bertz CT molecular complexity index is 743. The van der Waals surface area contributed by atoms with E-state index in [-0.39, 0.29) is 18.0 Å². The van der Waals surface area contributed by atoms with Gasteiger partial charge in [0, 0.05) is 16.7 Å². The van der Waals surface area contributed by atoms with Crippen LogP contribution in [0.3, 0.4) is 0 Å². The van der Waals surface area contributed by atoms with E-state index >= 15 is 0 Å². The number of hydrogen-bond donors (Lipinski definition) is 0. The molecule has 2 aromatic rings. The lowest BCUT2D eigenvalue weighted by molar-refractivity contribution is -0.134. The van der Waals surface area contributed by atoms with Crippen molar-refractivity contribution >= 4 is 17.7 Å². The minimum absolute atomic E-state index is 0.127. The maximum absolute atomic E-state index is 13.5. The highest BCUT2D eigenvalue weighted by molar-refractivity contribution is 7.99. The van der Waals surface area contributed by atoms with Crippen molar-refractivity contribution in [2.45, 2.75) is 11.3 Å². The third-order valence-electron chi connectivity index (χ3n) is 2.92. The van der Waals surface area contributed by atoms with E-state index in [1.54, 1.807) is 24.3 Å². The SMILES string of the molecule is COc1cc(C#N)ccc1OC(=O)CCSc1ccccc1F. The van der Waals surface area contributed by atoms with Crippen LogP contribution in [0.4, 0.5) is 4.39 Å². The first-order valence-corrected chi connectivity index (χ1v) is 7.78. The zero-order valence-corrected chi connectivity index (χ0v) is 13.2. The van der Waals surface area contributed by atoms with Crippen molar-refractivity contribution in [3.05, 3.63) is 53.8 Å². The number of nitriles is 1. The van der Waals surface area contributed by atoms with Crippen molar-refractivity contribution in [1.29, 1.82) is 5.26 Å². The van der Waals surface area contributed by atoms with Crippen molar-refractivity contribution < 1.29 is 18.7 Å². The van der Waals surface area contributed by atoms with E-state index in [0.717, 1.165) is 0 Å². The van der Waals surface area contributed by atoms with Crippen LogP contribution in [0, 0.1) is 17.1 Å². The number of halogens is 1. The molecule has 0 saturated carbocycles. The van der Waals surface area contributed by atoms with E-state index in [4.69, 9.17) is 14.7 Å². The minimum atomic E-state index is -0.447. The molecule has 0 heterocycles. The van der Waals surface area contributed by atoms with Gasteiger partial charge in [0.1, 0.15) is 5.82 Å². The summed E-state index contributed by atoms with van der Waals surface area (Å²) in [4.78, 5) is 12.4. The molecule has 0 unspecified atom stereocenters. The van der Waals surface area contributed by atoms with Gasteiger partial charge >= 0.3 is 5.97 Å². The number of esters is 1. The average molecular weight is 331 g/mol. The van der Waals surface area contributed by atoms with Crippen LogP contribution in [-0.4, -0.2) is 18.8 Å². The molecule has 0 aliphatic rings. The molecule has 0 aliphatic carbocycles. The van der Waals surface area contributed by atoms with Gasteiger partial charge in [0.15, 0.2) is 11.5 Å². The molecule has 0 radical (unpaired) electrons. The van der Waals surface area contributed by atoms with Crippen molar-refractivity contribution in [2.75, 3.05) is 12.9 Å². The summed E-state index contributed by atoms with van der Waals surface area (Å²) >= 11 is 1.25. The van der Waals surface area contributed by atoms with Gasteiger partial charge in [-0.25, -0.2) is 4.39 Å². The summed E-state index contributed by atoms with van der Waals surface area (Å²) in [6.45, 7) is 0. The van der Waals surface area contributed by atoms with E-state index in [1.807, 2.05) is 6.07 Å². The van der Waals surface area contributed by atoms with E-state index in [1.165, 1.54) is 37.1 Å². The van der Waals surface area contributed by atoms with Crippen LogP contribution in [0.1, 0.15) is 12.0 Å². The van der Waals surface area contributed by atoms with E-state index in [9.17, 15) is 9.18 Å². The lowest BCUT2D eigenvalue weighted by Gasteiger charge is -2.09. The van der Waals surface area contributed by atoms with Gasteiger partial charge in [-0.1, -0.05) is 12.1 Å². The number of hydrogen-bond acceptors (Lipinski definition) is 5. The second-order valence-electron chi connectivity index (χ2n) is 4.48. The third-order valence-corrected chi connectivity index (χ3v) is 3.97. The molecule has 0 aliphatic heterocycles. The molecule has 0 atom stereocenters. The highest BCUT2D eigenvalue weighted by atomic mass is 32.2. The van der Waals surface area contributed by atoms with Crippen LogP contribution >= 0.6 is 11.8 Å². The Morgan fingerprint density at radius 1 is 1.26 bits per heavy atom. The number of carbonyl (C=O) groups excluding carboxylic acids is 1. The number of methoxy groups -OCH3 is 1. The van der Waals surface area contributed by atoms with Crippen LogP contribution in [0.25, 0.3) is 0 Å². The molecule has 0 spiro atoms. The summed E-state index contributed by atoms with van der Waals surface area (Å²) in [5.74, 6) is 0.223. The Morgan fingerprint density at radius 3 is 2.74 bits per heavy atom. The van der Waals surface area contributed by atoms with E-state index in [0.29, 0.717) is 22.0 Å². The highest BCUT2D eigenvalue weighted by Crippen LogP contribution is 2.28. The van der Waals surface area contributed by atoms with Crippen molar-refractivity contribution in [3.63, 3.8) is 0 Å². The molecule has 4 nitrogen and oxygen atoms in total. The topological polar surface area (TPSA) is 59.3 Å².